The first-order valence-corrected chi connectivity index (χ1v) is 13.6. The van der Waals surface area contributed by atoms with Gasteiger partial charge in [-0.2, -0.15) is 13.2 Å². The molecular weight excluding hydrogens is 582 g/mol. The molecule has 0 aliphatic heterocycles. The van der Waals surface area contributed by atoms with Crippen LogP contribution in [0.25, 0.3) is 28.2 Å². The maximum atomic E-state index is 12.7. The van der Waals surface area contributed by atoms with Gasteiger partial charge in [0.25, 0.3) is 5.91 Å². The zero-order chi connectivity index (χ0) is 27.6. The summed E-state index contributed by atoms with van der Waals surface area (Å²) in [5, 5.41) is 2.51. The first-order valence-electron chi connectivity index (χ1n) is 11.2. The lowest BCUT2D eigenvalue weighted by Gasteiger charge is -2.14. The van der Waals surface area contributed by atoms with Gasteiger partial charge < -0.3 is 9.87 Å². The Hall–Kier alpha value is -2.69. The van der Waals surface area contributed by atoms with Crippen LogP contribution in [-0.2, 0) is 11.2 Å². The zero-order valence-electron chi connectivity index (χ0n) is 19.7. The Labute approximate surface area is 234 Å². The Bertz CT molecular complexity index is 1470. The third-order valence-corrected chi connectivity index (χ3v) is 7.71. The van der Waals surface area contributed by atoms with Crippen LogP contribution in [-0.4, -0.2) is 38.5 Å². The van der Waals surface area contributed by atoms with Crippen LogP contribution in [0.4, 0.5) is 13.2 Å². The lowest BCUT2D eigenvalue weighted by atomic mass is 10.1. The van der Waals surface area contributed by atoms with Crippen molar-refractivity contribution in [1.29, 1.82) is 0 Å². The fraction of sp³-hybridized carbons (Fsp3) is 0.154. The van der Waals surface area contributed by atoms with Gasteiger partial charge in [0.1, 0.15) is 23.8 Å². The number of alkyl halides is 3. The number of nitrogens with zero attached hydrogens (tertiary/aromatic N) is 2. The van der Waals surface area contributed by atoms with Gasteiger partial charge in [0.2, 0.25) is 0 Å². The van der Waals surface area contributed by atoms with Gasteiger partial charge in [0.15, 0.2) is 4.90 Å². The number of rotatable bonds is 7. The molecule has 4 aromatic rings. The molecule has 0 spiro atoms. The minimum Gasteiger partial charge on any atom is -0.611 e. The third-order valence-electron chi connectivity index (χ3n) is 5.47. The molecule has 0 saturated heterocycles. The van der Waals surface area contributed by atoms with Crippen LogP contribution in [0.2, 0.25) is 15.1 Å². The van der Waals surface area contributed by atoms with E-state index in [9.17, 15) is 22.5 Å². The van der Waals surface area contributed by atoms with Crippen molar-refractivity contribution in [1.82, 2.24) is 14.9 Å². The lowest BCUT2D eigenvalue weighted by Crippen LogP contribution is -2.33. The molecule has 0 unspecified atom stereocenters. The largest absolute Gasteiger partial charge is 0.611 e. The van der Waals surface area contributed by atoms with E-state index >= 15 is 0 Å². The summed E-state index contributed by atoms with van der Waals surface area (Å²) < 4.78 is 51.7. The summed E-state index contributed by atoms with van der Waals surface area (Å²) in [6.07, 6.45) is -3.32. The molecule has 12 heteroatoms. The lowest BCUT2D eigenvalue weighted by molar-refractivity contribution is -0.123. The number of hydrogen-bond acceptors (Lipinski definition) is 3. The molecule has 1 heterocycles. The Morgan fingerprint density at radius 1 is 1.00 bits per heavy atom. The van der Waals surface area contributed by atoms with Crippen LogP contribution in [0.3, 0.4) is 0 Å². The molecule has 0 saturated carbocycles. The highest BCUT2D eigenvalue weighted by molar-refractivity contribution is 7.91. The van der Waals surface area contributed by atoms with Crippen LogP contribution >= 0.6 is 34.8 Å². The highest BCUT2D eigenvalue weighted by atomic mass is 35.5. The molecule has 4 rings (SSSR count). The number of imidazole rings is 1. The van der Waals surface area contributed by atoms with Gasteiger partial charge in [-0.15, -0.1) is 0 Å². The highest BCUT2D eigenvalue weighted by Crippen LogP contribution is 2.37. The van der Waals surface area contributed by atoms with Gasteiger partial charge in [-0.1, -0.05) is 59.1 Å². The maximum Gasteiger partial charge on any atom is 0.405 e. The molecule has 3 aromatic carbocycles. The van der Waals surface area contributed by atoms with Gasteiger partial charge in [-0.25, -0.2) is 4.98 Å². The van der Waals surface area contributed by atoms with Crippen molar-refractivity contribution >= 4 is 51.9 Å². The topological polar surface area (TPSA) is 70.0 Å². The van der Waals surface area contributed by atoms with Crippen LogP contribution in [0.5, 0.6) is 0 Å². The second kappa shape index (κ2) is 11.6. The molecule has 1 atom stereocenters. The van der Waals surface area contributed by atoms with Crippen molar-refractivity contribution in [2.45, 2.75) is 18.0 Å². The summed E-state index contributed by atoms with van der Waals surface area (Å²) in [6.45, 7) is 0.318. The predicted octanol–water partition coefficient (Wildman–Crippen LogP) is 7.59. The predicted molar refractivity (Wildman–Crippen MR) is 145 cm³/mol. The van der Waals surface area contributed by atoms with Crippen molar-refractivity contribution in [2.24, 2.45) is 0 Å². The summed E-state index contributed by atoms with van der Waals surface area (Å²) in [7, 11) is 0. The summed E-state index contributed by atoms with van der Waals surface area (Å²) >= 11 is 18.3. The van der Waals surface area contributed by atoms with Gasteiger partial charge in [0.05, 0.1) is 26.3 Å². The molecule has 1 N–H and O–H groups in total. The molecule has 0 fully saturated rings. The van der Waals surface area contributed by atoms with Crippen LogP contribution in [0.15, 0.2) is 71.8 Å². The molecule has 0 aliphatic carbocycles. The Morgan fingerprint density at radius 3 is 2.29 bits per heavy atom. The van der Waals surface area contributed by atoms with E-state index < -0.39 is 29.8 Å². The van der Waals surface area contributed by atoms with E-state index in [-0.39, 0.29) is 32.1 Å². The fourth-order valence-corrected chi connectivity index (χ4v) is 5.36. The van der Waals surface area contributed by atoms with Gasteiger partial charge in [-0.05, 0) is 59.6 Å². The Kier molecular flexibility index (Phi) is 8.64. The second-order valence-corrected chi connectivity index (χ2v) is 11.0. The third kappa shape index (κ3) is 6.30. The number of carbonyl (C=O) groups excluding carboxylic acids is 1. The van der Waals surface area contributed by atoms with Crippen molar-refractivity contribution in [2.75, 3.05) is 12.3 Å². The van der Waals surface area contributed by atoms with E-state index in [1.165, 1.54) is 10.8 Å². The number of carbonyl (C=O) groups is 1. The van der Waals surface area contributed by atoms with Crippen molar-refractivity contribution < 1.29 is 22.5 Å². The average molecular weight is 601 g/mol. The minimum atomic E-state index is -4.59. The smallest absolute Gasteiger partial charge is 0.405 e. The summed E-state index contributed by atoms with van der Waals surface area (Å²) in [5.41, 5.74) is 1.92. The Morgan fingerprint density at radius 2 is 1.66 bits per heavy atom. The molecule has 1 amide bonds. The fourth-order valence-electron chi connectivity index (χ4n) is 3.70. The van der Waals surface area contributed by atoms with E-state index in [2.05, 4.69) is 4.98 Å². The molecule has 38 heavy (non-hydrogen) atoms. The number of benzene rings is 3. The first kappa shape index (κ1) is 28.3. The maximum absolute atomic E-state index is 12.7. The van der Waals surface area contributed by atoms with Crippen molar-refractivity contribution in [3.05, 3.63) is 87.6 Å². The van der Waals surface area contributed by atoms with Crippen molar-refractivity contribution in [3.63, 3.8) is 0 Å². The molecule has 0 radical (unpaired) electrons. The van der Waals surface area contributed by atoms with Crippen LogP contribution in [0.1, 0.15) is 17.4 Å². The number of amides is 1. The molecule has 5 nitrogen and oxygen atoms in total. The SMILES string of the molecule is CC[S@@+]([O-])c1cccc(-c2ccc(-n3cc(C(=O)NCC(F)(F)F)nc3-c3c(Cl)cccc3Cl)c(Cl)c2)c1. The number of aromatic nitrogens is 2. The average Bonchev–Trinajstić information content (AvgIpc) is 3.31. The van der Waals surface area contributed by atoms with Gasteiger partial charge >= 0.3 is 6.18 Å². The standard InChI is InChI=1S/C26H19Cl3F3N3O2S/c1-2-38(37)17-6-3-5-15(11-17)16-9-10-22(20(29)12-16)35-13-21(25(36)33-14-26(30,31)32)34-24(35)23-18(27)7-4-8-19(23)28/h3-13H,2,14H2,1H3,(H,33,36)/t38-/m1/s1. The van der Waals surface area contributed by atoms with Gasteiger partial charge in [-0.3, -0.25) is 9.36 Å². The molecule has 1 aromatic heterocycles. The van der Waals surface area contributed by atoms with E-state index in [1.54, 1.807) is 48.5 Å². The quantitative estimate of drug-likeness (QED) is 0.222. The minimum absolute atomic E-state index is 0.118. The van der Waals surface area contributed by atoms with Crippen molar-refractivity contribution in [3.8, 4) is 28.2 Å². The van der Waals surface area contributed by atoms with E-state index in [0.717, 1.165) is 11.1 Å². The normalized spacial score (nSPS) is 12.4. The van der Waals surface area contributed by atoms with E-state index in [0.29, 0.717) is 16.3 Å². The highest BCUT2D eigenvalue weighted by Gasteiger charge is 2.29. The summed E-state index contributed by atoms with van der Waals surface area (Å²) in [4.78, 5) is 17.5. The monoisotopic (exact) mass is 599 g/mol. The molecular formula is C26H19Cl3F3N3O2S. The van der Waals surface area contributed by atoms with E-state index in [1.807, 2.05) is 24.4 Å². The van der Waals surface area contributed by atoms with E-state index in [4.69, 9.17) is 34.8 Å². The van der Waals surface area contributed by atoms with Crippen LogP contribution < -0.4 is 5.32 Å². The molecule has 0 aliphatic rings. The molecule has 198 valence electrons. The first-order chi connectivity index (χ1) is 18.0. The summed E-state index contributed by atoms with van der Waals surface area (Å²) in [5.74, 6) is -0.428. The molecule has 0 bridgehead atoms. The number of halogens is 6. The number of hydrogen-bond donors (Lipinski definition) is 1. The van der Waals surface area contributed by atoms with Gasteiger partial charge in [0, 0.05) is 12.3 Å². The zero-order valence-corrected chi connectivity index (χ0v) is 22.7. The second-order valence-electron chi connectivity index (χ2n) is 8.04. The number of nitrogens with one attached hydrogen (secondary N) is 1. The summed E-state index contributed by atoms with van der Waals surface area (Å²) in [6, 6.07) is 17.2. The Balaban J connectivity index is 1.80. The van der Waals surface area contributed by atoms with Crippen LogP contribution in [0, 0.1) is 0 Å².